The smallest absolute Gasteiger partial charge is 0.0585 e. The van der Waals surface area contributed by atoms with Crippen LogP contribution in [0.15, 0.2) is 60.7 Å². The summed E-state index contributed by atoms with van der Waals surface area (Å²) in [5, 5.41) is 3.57. The van der Waals surface area contributed by atoms with E-state index < -0.39 is 0 Å². The number of hydrogen-bond acceptors (Lipinski definition) is 1. The van der Waals surface area contributed by atoms with Crippen molar-refractivity contribution in [1.82, 2.24) is 5.32 Å². The van der Waals surface area contributed by atoms with Crippen LogP contribution < -0.4 is 5.32 Å². The number of nitrogens with one attached hydrogen (secondary N) is 1. The Morgan fingerprint density at radius 1 is 0.882 bits per heavy atom. The van der Waals surface area contributed by atoms with Crippen LogP contribution in [0, 0.1) is 0 Å². The fourth-order valence-electron chi connectivity index (χ4n) is 2.35. The molecule has 2 aromatic rings. The van der Waals surface area contributed by atoms with Crippen molar-refractivity contribution in [2.45, 2.75) is 6.04 Å². The Hall–Kier alpha value is -1.86. The van der Waals surface area contributed by atoms with E-state index in [1.54, 1.807) is 0 Å². The van der Waals surface area contributed by atoms with Crippen molar-refractivity contribution in [2.75, 3.05) is 6.54 Å². The summed E-state index contributed by atoms with van der Waals surface area (Å²) in [7, 11) is 0. The predicted octanol–water partition coefficient (Wildman–Crippen LogP) is 3.39. The van der Waals surface area contributed by atoms with Gasteiger partial charge in [0.25, 0.3) is 0 Å². The summed E-state index contributed by atoms with van der Waals surface area (Å²) < 4.78 is 0. The number of fused-ring (bicyclic) bond motifs is 1. The maximum Gasteiger partial charge on any atom is 0.0585 e. The van der Waals surface area contributed by atoms with Gasteiger partial charge in [-0.2, -0.15) is 0 Å². The second kappa shape index (κ2) is 4.56. The van der Waals surface area contributed by atoms with E-state index in [4.69, 9.17) is 0 Å². The zero-order chi connectivity index (χ0) is 11.5. The first-order valence-corrected chi connectivity index (χ1v) is 5.99. The van der Waals surface area contributed by atoms with Crippen molar-refractivity contribution < 1.29 is 0 Å². The van der Waals surface area contributed by atoms with E-state index in [1.165, 1.54) is 16.7 Å². The second-order valence-electron chi connectivity index (χ2n) is 4.28. The number of rotatable bonds is 1. The highest BCUT2D eigenvalue weighted by Crippen LogP contribution is 2.27. The highest BCUT2D eigenvalue weighted by molar-refractivity contribution is 5.57. The summed E-state index contributed by atoms with van der Waals surface area (Å²) in [4.78, 5) is 0. The van der Waals surface area contributed by atoms with Crippen molar-refractivity contribution in [1.29, 1.82) is 0 Å². The minimum Gasteiger partial charge on any atom is -0.303 e. The molecule has 1 nitrogen and oxygen atoms in total. The molecule has 0 radical (unpaired) electrons. The van der Waals surface area contributed by atoms with Crippen LogP contribution in [0.2, 0.25) is 0 Å². The first-order chi connectivity index (χ1) is 8.45. The Morgan fingerprint density at radius 2 is 1.65 bits per heavy atom. The molecular formula is C16H15N. The third kappa shape index (κ3) is 2.02. The van der Waals surface area contributed by atoms with Gasteiger partial charge in [-0.05, 0) is 16.7 Å². The molecule has 1 aliphatic heterocycles. The van der Waals surface area contributed by atoms with Crippen LogP contribution in [0.5, 0.6) is 0 Å². The summed E-state index contributed by atoms with van der Waals surface area (Å²) in [6, 6.07) is 19.5. The Bertz CT molecular complexity index is 528. The molecule has 0 amide bonds. The normalized spacial score (nSPS) is 18.5. The summed E-state index contributed by atoms with van der Waals surface area (Å²) in [5.41, 5.74) is 3.99. The van der Waals surface area contributed by atoms with Crippen molar-refractivity contribution in [3.63, 3.8) is 0 Å². The lowest BCUT2D eigenvalue weighted by Crippen LogP contribution is -2.21. The van der Waals surface area contributed by atoms with E-state index in [2.05, 4.69) is 72.1 Å². The molecule has 1 aliphatic rings. The average Bonchev–Trinajstić information content (AvgIpc) is 2.62. The zero-order valence-corrected chi connectivity index (χ0v) is 9.64. The van der Waals surface area contributed by atoms with Crippen LogP contribution in [0.25, 0.3) is 6.08 Å². The Labute approximate surface area is 102 Å². The molecule has 0 bridgehead atoms. The Balaban J connectivity index is 2.09. The molecule has 0 aromatic heterocycles. The quantitative estimate of drug-likeness (QED) is 0.778. The zero-order valence-electron chi connectivity index (χ0n) is 9.64. The van der Waals surface area contributed by atoms with Gasteiger partial charge in [0.1, 0.15) is 0 Å². The van der Waals surface area contributed by atoms with Gasteiger partial charge in [-0.3, -0.25) is 0 Å². The summed E-state index contributed by atoms with van der Waals surface area (Å²) >= 11 is 0. The van der Waals surface area contributed by atoms with E-state index in [1.807, 2.05) is 0 Å². The number of hydrogen-bond donors (Lipinski definition) is 1. The molecule has 0 spiro atoms. The molecule has 0 aliphatic carbocycles. The SMILES string of the molecule is C1=Cc2ccccc2C(c2ccccc2)NC1. The molecule has 84 valence electrons. The van der Waals surface area contributed by atoms with Gasteiger partial charge in [-0.15, -0.1) is 0 Å². The molecule has 1 N–H and O–H groups in total. The van der Waals surface area contributed by atoms with Gasteiger partial charge < -0.3 is 5.32 Å². The molecule has 1 atom stereocenters. The molecule has 0 saturated carbocycles. The van der Waals surface area contributed by atoms with E-state index >= 15 is 0 Å². The van der Waals surface area contributed by atoms with Crippen LogP contribution in [-0.4, -0.2) is 6.54 Å². The predicted molar refractivity (Wildman–Crippen MR) is 71.8 cm³/mol. The molecule has 0 saturated heterocycles. The average molecular weight is 221 g/mol. The third-order valence-corrected chi connectivity index (χ3v) is 3.18. The minimum absolute atomic E-state index is 0.294. The first kappa shape index (κ1) is 10.3. The standard InChI is InChI=1S/C16H15N/c1-2-8-14(9-3-1)16-15-11-5-4-7-13(15)10-6-12-17-16/h1-11,16-17H,12H2. The lowest BCUT2D eigenvalue weighted by atomic mass is 9.95. The highest BCUT2D eigenvalue weighted by atomic mass is 14.9. The fraction of sp³-hybridized carbons (Fsp3) is 0.125. The highest BCUT2D eigenvalue weighted by Gasteiger charge is 2.16. The van der Waals surface area contributed by atoms with Crippen LogP contribution in [0.4, 0.5) is 0 Å². The van der Waals surface area contributed by atoms with Crippen molar-refractivity contribution >= 4 is 6.08 Å². The van der Waals surface area contributed by atoms with Crippen LogP contribution in [0.3, 0.4) is 0 Å². The molecule has 1 unspecified atom stereocenters. The largest absolute Gasteiger partial charge is 0.303 e. The molecule has 1 heterocycles. The number of benzene rings is 2. The summed E-state index contributed by atoms with van der Waals surface area (Å²) in [5.74, 6) is 0. The maximum absolute atomic E-state index is 3.57. The van der Waals surface area contributed by atoms with Crippen molar-refractivity contribution in [3.8, 4) is 0 Å². The lowest BCUT2D eigenvalue weighted by Gasteiger charge is -2.19. The van der Waals surface area contributed by atoms with E-state index in [0.29, 0.717) is 6.04 Å². The molecule has 2 aromatic carbocycles. The Morgan fingerprint density at radius 3 is 2.53 bits per heavy atom. The van der Waals surface area contributed by atoms with Crippen LogP contribution in [0.1, 0.15) is 22.7 Å². The minimum atomic E-state index is 0.294. The lowest BCUT2D eigenvalue weighted by molar-refractivity contribution is 0.657. The maximum atomic E-state index is 3.57. The Kier molecular flexibility index (Phi) is 2.76. The molecule has 3 rings (SSSR count). The van der Waals surface area contributed by atoms with E-state index in [9.17, 15) is 0 Å². The van der Waals surface area contributed by atoms with E-state index in [-0.39, 0.29) is 0 Å². The summed E-state index contributed by atoms with van der Waals surface area (Å²) in [6.45, 7) is 0.911. The van der Waals surface area contributed by atoms with Gasteiger partial charge >= 0.3 is 0 Å². The third-order valence-electron chi connectivity index (χ3n) is 3.18. The van der Waals surface area contributed by atoms with E-state index in [0.717, 1.165) is 6.54 Å². The first-order valence-electron chi connectivity index (χ1n) is 5.99. The van der Waals surface area contributed by atoms with Crippen LogP contribution in [-0.2, 0) is 0 Å². The van der Waals surface area contributed by atoms with Gasteiger partial charge in [-0.1, -0.05) is 66.7 Å². The molecule has 0 fully saturated rings. The van der Waals surface area contributed by atoms with Gasteiger partial charge in [0, 0.05) is 6.54 Å². The van der Waals surface area contributed by atoms with Crippen LogP contribution >= 0.6 is 0 Å². The second-order valence-corrected chi connectivity index (χ2v) is 4.28. The van der Waals surface area contributed by atoms with Crippen molar-refractivity contribution in [2.24, 2.45) is 0 Å². The van der Waals surface area contributed by atoms with Gasteiger partial charge in [0.15, 0.2) is 0 Å². The van der Waals surface area contributed by atoms with Gasteiger partial charge in [-0.25, -0.2) is 0 Å². The molecule has 17 heavy (non-hydrogen) atoms. The van der Waals surface area contributed by atoms with Crippen molar-refractivity contribution in [3.05, 3.63) is 77.4 Å². The molecule has 1 heteroatoms. The molecular weight excluding hydrogens is 206 g/mol. The topological polar surface area (TPSA) is 12.0 Å². The monoisotopic (exact) mass is 221 g/mol. The van der Waals surface area contributed by atoms with Gasteiger partial charge in [0.2, 0.25) is 0 Å². The summed E-state index contributed by atoms with van der Waals surface area (Å²) in [6.07, 6.45) is 4.38. The fourth-order valence-corrected chi connectivity index (χ4v) is 2.35. The van der Waals surface area contributed by atoms with Gasteiger partial charge in [0.05, 0.1) is 6.04 Å².